The number of hydrogen-bond acceptors (Lipinski definition) is 5. The van der Waals surface area contributed by atoms with Gasteiger partial charge in [-0.1, -0.05) is 54.1 Å². The molecule has 1 saturated heterocycles. The first kappa shape index (κ1) is 20.7. The number of nitrogens with two attached hydrogens (primary N) is 1. The summed E-state index contributed by atoms with van der Waals surface area (Å²) < 4.78 is 28.0. The summed E-state index contributed by atoms with van der Waals surface area (Å²) in [5, 5.41) is 4.26. The Morgan fingerprint density at radius 3 is 2.70 bits per heavy atom. The van der Waals surface area contributed by atoms with Gasteiger partial charge in [0.15, 0.2) is 0 Å². The highest BCUT2D eigenvalue weighted by Gasteiger charge is 2.35. The number of aromatic nitrogens is 1. The van der Waals surface area contributed by atoms with Crippen molar-refractivity contribution < 1.29 is 13.2 Å². The average Bonchev–Trinajstić information content (AvgIpc) is 3.23. The molecule has 1 amide bonds. The number of sulfonamides is 1. The number of nitrogens with zero attached hydrogens (tertiary/aromatic N) is 2. The van der Waals surface area contributed by atoms with Crippen molar-refractivity contribution in [2.45, 2.75) is 23.4 Å². The third kappa shape index (κ3) is 3.91. The van der Waals surface area contributed by atoms with E-state index in [0.29, 0.717) is 29.3 Å². The largest absolute Gasteiger partial charge is 0.350 e. The number of amides is 1. The van der Waals surface area contributed by atoms with E-state index in [1.165, 1.54) is 10.5 Å². The number of rotatable bonds is 5. The fraction of sp³-hybridized carbons (Fsp3) is 0.238. The van der Waals surface area contributed by atoms with Crippen LogP contribution in [0.2, 0.25) is 5.02 Å². The Balaban J connectivity index is 1.51. The van der Waals surface area contributed by atoms with Crippen LogP contribution in [0.25, 0.3) is 10.8 Å². The Morgan fingerprint density at radius 1 is 1.17 bits per heavy atom. The quantitative estimate of drug-likeness (QED) is 0.628. The lowest BCUT2D eigenvalue weighted by Crippen LogP contribution is -2.42. The molecular weight excluding hydrogens is 424 g/mol. The van der Waals surface area contributed by atoms with Crippen molar-refractivity contribution >= 4 is 38.3 Å². The number of halogens is 1. The van der Waals surface area contributed by atoms with Crippen molar-refractivity contribution in [1.82, 2.24) is 14.6 Å². The molecule has 0 radical (unpaired) electrons. The topological polar surface area (TPSA) is 105 Å². The zero-order valence-corrected chi connectivity index (χ0v) is 17.6. The van der Waals surface area contributed by atoms with Gasteiger partial charge < -0.3 is 11.1 Å². The van der Waals surface area contributed by atoms with Gasteiger partial charge in [0.1, 0.15) is 6.04 Å². The van der Waals surface area contributed by atoms with Crippen LogP contribution in [0.15, 0.2) is 65.8 Å². The van der Waals surface area contributed by atoms with Gasteiger partial charge in [-0.25, -0.2) is 8.42 Å². The summed E-state index contributed by atoms with van der Waals surface area (Å²) in [6, 6.07) is 12.9. The highest BCUT2D eigenvalue weighted by atomic mass is 35.5. The number of benzene rings is 2. The first-order valence-electron chi connectivity index (χ1n) is 9.51. The van der Waals surface area contributed by atoms with Crippen LogP contribution in [0, 0.1) is 0 Å². The van der Waals surface area contributed by atoms with Crippen molar-refractivity contribution in [2.75, 3.05) is 13.1 Å². The van der Waals surface area contributed by atoms with Crippen LogP contribution in [0.3, 0.4) is 0 Å². The molecule has 1 unspecified atom stereocenters. The third-order valence-corrected chi connectivity index (χ3v) is 7.45. The maximum Gasteiger partial charge on any atom is 0.243 e. The van der Waals surface area contributed by atoms with Gasteiger partial charge in [0.05, 0.1) is 9.92 Å². The fourth-order valence-corrected chi connectivity index (χ4v) is 5.74. The zero-order chi connectivity index (χ0) is 21.3. The fourth-order valence-electron chi connectivity index (χ4n) is 3.68. The first-order chi connectivity index (χ1) is 14.4. The van der Waals surface area contributed by atoms with E-state index in [-0.39, 0.29) is 28.4 Å². The molecule has 0 aliphatic carbocycles. The van der Waals surface area contributed by atoms with Gasteiger partial charge >= 0.3 is 0 Å². The van der Waals surface area contributed by atoms with E-state index in [9.17, 15) is 13.2 Å². The summed E-state index contributed by atoms with van der Waals surface area (Å²) in [5.74, 6) is -0.329. The van der Waals surface area contributed by atoms with E-state index in [4.69, 9.17) is 17.3 Å². The van der Waals surface area contributed by atoms with Gasteiger partial charge in [0, 0.05) is 42.3 Å². The summed E-state index contributed by atoms with van der Waals surface area (Å²) in [6.45, 7) is 0.474. The van der Waals surface area contributed by atoms with Gasteiger partial charge in [-0.15, -0.1) is 0 Å². The third-order valence-electron chi connectivity index (χ3n) is 5.26. The second-order valence-electron chi connectivity index (χ2n) is 7.22. The summed E-state index contributed by atoms with van der Waals surface area (Å²) in [5.41, 5.74) is 6.75. The molecule has 4 rings (SSSR count). The molecule has 3 N–H and O–H groups in total. The van der Waals surface area contributed by atoms with Crippen LogP contribution in [0.5, 0.6) is 0 Å². The minimum absolute atomic E-state index is 0.139. The Morgan fingerprint density at radius 2 is 1.93 bits per heavy atom. The van der Waals surface area contributed by atoms with Crippen molar-refractivity contribution in [3.63, 3.8) is 0 Å². The van der Waals surface area contributed by atoms with E-state index in [2.05, 4.69) is 10.3 Å². The maximum absolute atomic E-state index is 13.3. The number of fused-ring (bicyclic) bond motifs is 1. The van der Waals surface area contributed by atoms with Crippen LogP contribution in [0.4, 0.5) is 0 Å². The van der Waals surface area contributed by atoms with Gasteiger partial charge in [-0.2, -0.15) is 4.31 Å². The lowest BCUT2D eigenvalue weighted by atomic mass is 10.1. The van der Waals surface area contributed by atoms with Gasteiger partial charge in [-0.3, -0.25) is 9.78 Å². The number of carbonyl (C=O) groups is 1. The van der Waals surface area contributed by atoms with Crippen molar-refractivity contribution in [1.29, 1.82) is 0 Å². The second kappa shape index (κ2) is 8.31. The molecular formula is C21H21ClN4O3S. The van der Waals surface area contributed by atoms with Gasteiger partial charge in [0.2, 0.25) is 15.9 Å². The Bertz CT molecular complexity index is 1180. The molecule has 0 saturated carbocycles. The molecule has 1 aromatic heterocycles. The molecule has 2 atom stereocenters. The lowest BCUT2D eigenvalue weighted by molar-refractivity contribution is -0.123. The predicted molar refractivity (Wildman–Crippen MR) is 115 cm³/mol. The molecule has 1 aliphatic heterocycles. The molecule has 156 valence electrons. The smallest absolute Gasteiger partial charge is 0.243 e. The predicted octanol–water partition coefficient (Wildman–Crippen LogP) is 2.47. The highest BCUT2D eigenvalue weighted by Crippen LogP contribution is 2.32. The standard InChI is InChI=1S/C21H21ClN4O3S/c22-17-12-24-11-15-7-4-8-18(19(15)17)30(28,29)26-10-9-16(13-26)25-21(27)20(23)14-5-2-1-3-6-14/h1-8,11-12,16,20H,9-10,13,23H2,(H,25,27)/t16-,20?/m0/s1. The molecule has 2 heterocycles. The van der Waals surface area contributed by atoms with E-state index < -0.39 is 16.1 Å². The number of nitrogens with one attached hydrogen (secondary N) is 1. The average molecular weight is 445 g/mol. The zero-order valence-electron chi connectivity index (χ0n) is 16.0. The van der Waals surface area contributed by atoms with Gasteiger partial charge in [-0.05, 0) is 18.1 Å². The van der Waals surface area contributed by atoms with E-state index in [1.807, 2.05) is 18.2 Å². The monoisotopic (exact) mass is 444 g/mol. The first-order valence-corrected chi connectivity index (χ1v) is 11.3. The molecule has 2 aromatic carbocycles. The minimum atomic E-state index is -3.79. The Kier molecular flexibility index (Phi) is 5.75. The minimum Gasteiger partial charge on any atom is -0.350 e. The van der Waals surface area contributed by atoms with Crippen LogP contribution < -0.4 is 11.1 Å². The van der Waals surface area contributed by atoms with E-state index in [0.717, 1.165) is 0 Å². The molecule has 1 fully saturated rings. The van der Waals surface area contributed by atoms with Crippen LogP contribution in [0.1, 0.15) is 18.0 Å². The molecule has 30 heavy (non-hydrogen) atoms. The van der Waals surface area contributed by atoms with Crippen molar-refractivity contribution in [3.8, 4) is 0 Å². The molecule has 9 heteroatoms. The summed E-state index contributed by atoms with van der Waals surface area (Å²) in [7, 11) is -3.79. The van der Waals surface area contributed by atoms with Crippen LogP contribution >= 0.6 is 11.6 Å². The van der Waals surface area contributed by atoms with Crippen LogP contribution in [-0.2, 0) is 14.8 Å². The van der Waals surface area contributed by atoms with Crippen LogP contribution in [-0.4, -0.2) is 42.7 Å². The lowest BCUT2D eigenvalue weighted by Gasteiger charge is -2.20. The summed E-state index contributed by atoms with van der Waals surface area (Å²) in [6.07, 6.45) is 3.52. The number of hydrogen-bond donors (Lipinski definition) is 2. The van der Waals surface area contributed by atoms with Crippen molar-refractivity contribution in [2.24, 2.45) is 5.73 Å². The molecule has 0 spiro atoms. The van der Waals surface area contributed by atoms with Gasteiger partial charge in [0.25, 0.3) is 0 Å². The summed E-state index contributed by atoms with van der Waals surface area (Å²) in [4.78, 5) is 16.7. The molecule has 0 bridgehead atoms. The van der Waals surface area contributed by atoms with Crippen molar-refractivity contribution in [3.05, 3.63) is 71.5 Å². The maximum atomic E-state index is 13.3. The molecule has 1 aliphatic rings. The van der Waals surface area contributed by atoms with E-state index in [1.54, 1.807) is 36.5 Å². The Labute approximate surface area is 179 Å². The molecule has 3 aromatic rings. The second-order valence-corrected chi connectivity index (χ2v) is 9.53. The number of carbonyl (C=O) groups excluding carboxylic acids is 1. The molecule has 7 nitrogen and oxygen atoms in total. The number of pyridine rings is 1. The summed E-state index contributed by atoms with van der Waals surface area (Å²) >= 11 is 6.25. The Hall–Kier alpha value is -2.52. The SMILES string of the molecule is NC(C(=O)N[C@H]1CCN(S(=O)(=O)c2cccc3cncc(Cl)c23)C1)c1ccccc1. The highest BCUT2D eigenvalue weighted by molar-refractivity contribution is 7.89. The normalized spacial score (nSPS) is 18.4. The van der Waals surface area contributed by atoms with E-state index >= 15 is 0 Å².